The van der Waals surface area contributed by atoms with Gasteiger partial charge in [0, 0.05) is 42.5 Å². The number of aromatic nitrogens is 4. The summed E-state index contributed by atoms with van der Waals surface area (Å²) in [5.74, 6) is -0.509. The van der Waals surface area contributed by atoms with E-state index >= 15 is 0 Å². The van der Waals surface area contributed by atoms with Gasteiger partial charge in [-0.3, -0.25) is 9.48 Å². The lowest BCUT2D eigenvalue weighted by Gasteiger charge is -2.17. The number of nitrogens with one attached hydrogen (secondary N) is 2. The van der Waals surface area contributed by atoms with Gasteiger partial charge in [-0.1, -0.05) is 24.8 Å². The van der Waals surface area contributed by atoms with Gasteiger partial charge in [0.1, 0.15) is 11.5 Å². The lowest BCUT2D eigenvalue weighted by Crippen LogP contribution is -2.25. The normalized spacial score (nSPS) is 12.4. The summed E-state index contributed by atoms with van der Waals surface area (Å²) in [6, 6.07) is 4.55. The Balaban J connectivity index is 1.67. The third-order valence-electron chi connectivity index (χ3n) is 5.13. The van der Waals surface area contributed by atoms with E-state index in [1.165, 1.54) is 44.5 Å². The van der Waals surface area contributed by atoms with Crippen LogP contribution in [0.15, 0.2) is 79.1 Å². The first kappa shape index (κ1) is 25.5. The average molecular weight is 479 g/mol. The zero-order chi connectivity index (χ0) is 25.6. The number of halogens is 2. The molecule has 3 aromatic rings. The largest absolute Gasteiger partial charge is 0.326 e. The number of hydrogen-bond acceptors (Lipinski definition) is 5. The maximum atomic E-state index is 14.8. The van der Waals surface area contributed by atoms with E-state index in [9.17, 15) is 13.6 Å². The fourth-order valence-electron chi connectivity index (χ4n) is 3.35. The second-order valence-electron chi connectivity index (χ2n) is 8.38. The molecule has 7 nitrogen and oxygen atoms in total. The number of aryl methyl sites for hydroxylation is 1. The molecule has 2 N–H and O–H groups in total. The zero-order valence-corrected chi connectivity index (χ0v) is 20.1. The maximum absolute atomic E-state index is 14.8. The fourth-order valence-corrected chi connectivity index (χ4v) is 3.35. The molecule has 0 saturated carbocycles. The first-order valence-electron chi connectivity index (χ1n) is 10.9. The van der Waals surface area contributed by atoms with Gasteiger partial charge in [0.05, 0.1) is 18.3 Å². The van der Waals surface area contributed by atoms with E-state index in [4.69, 9.17) is 0 Å². The van der Waals surface area contributed by atoms with Gasteiger partial charge >= 0.3 is 0 Å². The number of benzene rings is 1. The topological polar surface area (TPSA) is 84.7 Å². The molecule has 1 amide bonds. The van der Waals surface area contributed by atoms with Crippen LogP contribution in [0.3, 0.4) is 0 Å². The van der Waals surface area contributed by atoms with Gasteiger partial charge < -0.3 is 10.6 Å². The first-order chi connectivity index (χ1) is 16.6. The highest BCUT2D eigenvalue weighted by Gasteiger charge is 2.20. The summed E-state index contributed by atoms with van der Waals surface area (Å²) in [4.78, 5) is 20.9. The van der Waals surface area contributed by atoms with Gasteiger partial charge in [-0.15, -0.1) is 0 Å². The lowest BCUT2D eigenvalue weighted by atomic mass is 9.98. The molecule has 0 fully saturated rings. The first-order valence-corrected chi connectivity index (χ1v) is 10.9. The quantitative estimate of drug-likeness (QED) is 0.414. The van der Waals surface area contributed by atoms with Gasteiger partial charge in [-0.05, 0) is 50.1 Å². The van der Waals surface area contributed by atoms with Crippen molar-refractivity contribution in [2.45, 2.75) is 32.9 Å². The molecule has 0 saturated heterocycles. The Morgan fingerprint density at radius 2 is 1.94 bits per heavy atom. The summed E-state index contributed by atoms with van der Waals surface area (Å²) in [6.45, 7) is 8.25. The third kappa shape index (κ3) is 6.92. The molecule has 3 rings (SSSR count). The highest BCUT2D eigenvalue weighted by atomic mass is 19.1. The molecule has 0 aliphatic heterocycles. The predicted octanol–water partition coefficient (Wildman–Crippen LogP) is 5.18. The molecule has 35 heavy (non-hydrogen) atoms. The number of carbonyl (C=O) groups excluding carboxylic acids is 1. The number of nitrogens with zero attached hydrogens (tertiary/aromatic N) is 4. The fraction of sp³-hybridized carbons (Fsp3) is 0.231. The standard InChI is InChI=1S/C26H28F2N6O/c1-6-19(26(3,4)28)12-20(7-2)32-24(35)11-17-8-9-22(23(27)10-17)18-13-29-25(30-14-18)33-21-15-31-34(5)16-21/h6-10,12-16H,2,11H2,1,3-5H3,(H,32,35)(H,29,30,33)/b19-6+,20-12+. The van der Waals surface area contributed by atoms with Gasteiger partial charge in [0.2, 0.25) is 11.9 Å². The van der Waals surface area contributed by atoms with Crippen LogP contribution in [-0.2, 0) is 18.3 Å². The number of alkyl halides is 1. The number of allylic oxidation sites excluding steroid dienone is 4. The number of anilines is 2. The molecule has 0 unspecified atom stereocenters. The van der Waals surface area contributed by atoms with E-state index in [0.717, 1.165) is 5.69 Å². The Morgan fingerprint density at radius 3 is 2.49 bits per heavy atom. The van der Waals surface area contributed by atoms with Crippen molar-refractivity contribution in [3.63, 3.8) is 0 Å². The van der Waals surface area contributed by atoms with E-state index in [1.54, 1.807) is 49.3 Å². The summed E-state index contributed by atoms with van der Waals surface area (Å²) in [7, 11) is 1.80. The van der Waals surface area contributed by atoms with Crippen LogP contribution >= 0.6 is 0 Å². The number of hydrogen-bond donors (Lipinski definition) is 2. The molecule has 9 heteroatoms. The second-order valence-corrected chi connectivity index (χ2v) is 8.38. The molecule has 1 aromatic carbocycles. The Kier molecular flexibility index (Phi) is 7.91. The van der Waals surface area contributed by atoms with Gasteiger partial charge in [0.25, 0.3) is 0 Å². The highest BCUT2D eigenvalue weighted by Crippen LogP contribution is 2.24. The number of amides is 1. The smallest absolute Gasteiger partial charge is 0.228 e. The molecule has 0 aliphatic rings. The average Bonchev–Trinajstić information content (AvgIpc) is 3.21. The van der Waals surface area contributed by atoms with Gasteiger partial charge in [0.15, 0.2) is 0 Å². The summed E-state index contributed by atoms with van der Waals surface area (Å²) in [5, 5.41) is 9.76. The van der Waals surface area contributed by atoms with Crippen molar-refractivity contribution < 1.29 is 13.6 Å². The van der Waals surface area contributed by atoms with Crippen LogP contribution < -0.4 is 10.6 Å². The van der Waals surface area contributed by atoms with E-state index in [2.05, 4.69) is 32.3 Å². The van der Waals surface area contributed by atoms with Crippen LogP contribution in [0.1, 0.15) is 26.3 Å². The molecule has 0 aliphatic carbocycles. The Morgan fingerprint density at radius 1 is 1.23 bits per heavy atom. The van der Waals surface area contributed by atoms with Crippen molar-refractivity contribution in [2.24, 2.45) is 7.05 Å². The zero-order valence-electron chi connectivity index (χ0n) is 20.1. The molecule has 182 valence electrons. The SMILES string of the molecule is C=C/C(=C\C(=C/C)C(C)(C)F)NC(=O)Cc1ccc(-c2cnc(Nc3cnn(C)c3)nc2)c(F)c1. The van der Waals surface area contributed by atoms with Crippen molar-refractivity contribution in [1.29, 1.82) is 0 Å². The molecular formula is C26H28F2N6O. The monoisotopic (exact) mass is 478 g/mol. The molecule has 0 radical (unpaired) electrons. The van der Waals surface area contributed by atoms with Crippen LogP contribution in [0.2, 0.25) is 0 Å². The Hall–Kier alpha value is -4.14. The minimum atomic E-state index is -1.57. The van der Waals surface area contributed by atoms with Crippen LogP contribution in [0.25, 0.3) is 11.1 Å². The van der Waals surface area contributed by atoms with Crippen molar-refractivity contribution in [3.05, 3.63) is 90.4 Å². The Bertz CT molecular complexity index is 1270. The molecular weight excluding hydrogens is 450 g/mol. The van der Waals surface area contributed by atoms with Crippen molar-refractivity contribution in [2.75, 3.05) is 5.32 Å². The van der Waals surface area contributed by atoms with Crippen LogP contribution in [0.4, 0.5) is 20.4 Å². The summed E-state index contributed by atoms with van der Waals surface area (Å²) in [5.41, 5.74) is 1.24. The summed E-state index contributed by atoms with van der Waals surface area (Å²) < 4.78 is 30.7. The highest BCUT2D eigenvalue weighted by molar-refractivity contribution is 5.81. The van der Waals surface area contributed by atoms with E-state index < -0.39 is 11.5 Å². The minimum absolute atomic E-state index is 0.0585. The molecule has 0 spiro atoms. The van der Waals surface area contributed by atoms with Crippen LogP contribution in [0, 0.1) is 5.82 Å². The molecule has 0 atom stereocenters. The minimum Gasteiger partial charge on any atom is -0.326 e. The van der Waals surface area contributed by atoms with Gasteiger partial charge in [-0.25, -0.2) is 18.7 Å². The van der Waals surface area contributed by atoms with E-state index in [-0.39, 0.29) is 12.3 Å². The van der Waals surface area contributed by atoms with Crippen molar-refractivity contribution >= 4 is 17.5 Å². The lowest BCUT2D eigenvalue weighted by molar-refractivity contribution is -0.119. The third-order valence-corrected chi connectivity index (χ3v) is 5.13. The van der Waals surface area contributed by atoms with Crippen LogP contribution in [-0.4, -0.2) is 31.3 Å². The van der Waals surface area contributed by atoms with Gasteiger partial charge in [-0.2, -0.15) is 5.10 Å². The molecule has 2 aromatic heterocycles. The second kappa shape index (κ2) is 10.9. The molecule has 2 heterocycles. The maximum Gasteiger partial charge on any atom is 0.228 e. The molecule has 0 bridgehead atoms. The number of carbonyl (C=O) groups is 1. The van der Waals surface area contributed by atoms with Crippen molar-refractivity contribution in [1.82, 2.24) is 25.1 Å². The summed E-state index contributed by atoms with van der Waals surface area (Å²) >= 11 is 0. The van der Waals surface area contributed by atoms with E-state index in [1.807, 2.05) is 0 Å². The Labute approximate surface area is 203 Å². The number of rotatable bonds is 9. The van der Waals surface area contributed by atoms with Crippen LogP contribution in [0.5, 0.6) is 0 Å². The van der Waals surface area contributed by atoms with Crippen molar-refractivity contribution in [3.8, 4) is 11.1 Å². The van der Waals surface area contributed by atoms with E-state index in [0.29, 0.717) is 33.9 Å². The summed E-state index contributed by atoms with van der Waals surface area (Å²) in [6.07, 6.45) is 11.0. The predicted molar refractivity (Wildman–Crippen MR) is 133 cm³/mol.